The van der Waals surface area contributed by atoms with E-state index in [0.29, 0.717) is 66.9 Å². The van der Waals surface area contributed by atoms with Gasteiger partial charge < -0.3 is 61.3 Å². The highest BCUT2D eigenvalue weighted by Gasteiger charge is 2.44. The summed E-state index contributed by atoms with van der Waals surface area (Å²) in [6, 6.07) is 18.2. The number of hydrogen-bond acceptors (Lipinski definition) is 11. The van der Waals surface area contributed by atoms with Crippen molar-refractivity contribution in [1.29, 1.82) is 0 Å². The fraction of sp³-hybridized carbons (Fsp3) is 0.479. The summed E-state index contributed by atoms with van der Waals surface area (Å²) in [5, 5.41) is 15.0. The van der Waals surface area contributed by atoms with Crippen LogP contribution in [0.15, 0.2) is 84.5 Å². The van der Waals surface area contributed by atoms with Crippen LogP contribution in [-0.4, -0.2) is 103 Å². The first-order chi connectivity index (χ1) is 30.0. The smallest absolute Gasteiger partial charge is 0.148 e. The molecule has 4 aromatic rings. The SMILES string of the molecule is CN(CCC=O)c1cc2ccn(C3COC4(CCN(CC5CCN(c6cc(CN(CC7CCCN7)C(/C=C(\N)c7ccccc7O)=C(N)N)ccc6F)CC5)CC4)C3)c2cc1F. The largest absolute Gasteiger partial charge is 0.507 e. The Morgan fingerprint density at radius 2 is 1.79 bits per heavy atom. The molecular weight excluding hydrogens is 789 g/mol. The molecule has 12 nitrogen and oxygen atoms in total. The zero-order chi connectivity index (χ0) is 43.4. The third-order valence-electron chi connectivity index (χ3n) is 13.7. The van der Waals surface area contributed by atoms with E-state index in [1.807, 2.05) is 37.4 Å². The Morgan fingerprint density at radius 1 is 1.00 bits per heavy atom. The number of benzene rings is 3. The molecule has 1 spiro atoms. The molecule has 8 rings (SSSR count). The highest BCUT2D eigenvalue weighted by molar-refractivity contribution is 5.84. The van der Waals surface area contributed by atoms with E-state index in [9.17, 15) is 9.90 Å². The van der Waals surface area contributed by atoms with Gasteiger partial charge in [-0.2, -0.15) is 0 Å². The Balaban J connectivity index is 0.859. The Morgan fingerprint density at radius 3 is 2.52 bits per heavy atom. The number of nitrogens with one attached hydrogen (secondary N) is 1. The van der Waals surface area contributed by atoms with E-state index >= 15 is 8.78 Å². The van der Waals surface area contributed by atoms with Gasteiger partial charge in [0.15, 0.2) is 0 Å². The maximum Gasteiger partial charge on any atom is 0.148 e. The number of halogens is 2. The lowest BCUT2D eigenvalue weighted by Gasteiger charge is -2.41. The minimum Gasteiger partial charge on any atom is -0.507 e. The normalized spacial score (nSPS) is 20.9. The van der Waals surface area contributed by atoms with Crippen molar-refractivity contribution >= 4 is 34.3 Å². The number of nitrogens with two attached hydrogens (primary N) is 3. The molecular formula is C48H63F2N9O3. The van der Waals surface area contributed by atoms with E-state index in [4.69, 9.17) is 21.9 Å². The maximum absolute atomic E-state index is 15.6. The van der Waals surface area contributed by atoms with Gasteiger partial charge in [0.2, 0.25) is 0 Å². The Kier molecular flexibility index (Phi) is 13.3. The van der Waals surface area contributed by atoms with Crippen molar-refractivity contribution in [2.45, 2.75) is 75.6 Å². The van der Waals surface area contributed by atoms with Crippen LogP contribution in [0.3, 0.4) is 0 Å². The Bertz CT molecular complexity index is 2250. The van der Waals surface area contributed by atoms with E-state index < -0.39 is 0 Å². The molecule has 0 saturated carbocycles. The monoisotopic (exact) mass is 852 g/mol. The number of carbonyl (C=O) groups is 1. The number of phenols is 1. The summed E-state index contributed by atoms with van der Waals surface area (Å²) < 4.78 is 39.6. The standard InChI is InChI=1S/C48H63F2N9O3/c1-55(17-5-23-60)43-25-35-13-20-59(42(35)26-40(43)50)37-28-48(62-32-37)14-21-56(22-15-48)29-33-11-18-57(19-12-33)44-24-34(9-10-39(44)49)30-58(31-36-6-4-16-54-36)45(47(52)53)27-41(51)38-7-2-3-8-46(38)61/h2-3,7-10,13,20,23-27,33,36-37,54,61H,4-6,11-12,14-19,21-22,28-32,51-53H2,1H3/b41-27-. The van der Waals surface area contributed by atoms with Crippen LogP contribution in [0.25, 0.3) is 16.6 Å². The number of phenolic OH excluding ortho intramolecular Hbond substituents is 1. The number of aldehydes is 1. The number of aromatic nitrogens is 1. The van der Waals surface area contributed by atoms with Crippen molar-refractivity contribution in [3.63, 3.8) is 0 Å². The summed E-state index contributed by atoms with van der Waals surface area (Å²) in [4.78, 5) is 19.5. The summed E-state index contributed by atoms with van der Waals surface area (Å²) >= 11 is 0. The van der Waals surface area contributed by atoms with Gasteiger partial charge in [-0.15, -0.1) is 0 Å². The predicted octanol–water partition coefficient (Wildman–Crippen LogP) is 6.00. The number of aromatic hydroxyl groups is 1. The molecule has 0 aliphatic carbocycles. The van der Waals surface area contributed by atoms with Gasteiger partial charge in [0, 0.05) is 101 Å². The number of piperidine rings is 2. The number of likely N-dealkylation sites (tertiary alicyclic amines) is 1. The molecule has 4 aliphatic heterocycles. The van der Waals surface area contributed by atoms with Gasteiger partial charge in [0.25, 0.3) is 0 Å². The number of hydrogen-bond donors (Lipinski definition) is 5. The van der Waals surface area contributed by atoms with Gasteiger partial charge in [-0.3, -0.25) is 0 Å². The summed E-state index contributed by atoms with van der Waals surface area (Å²) in [6.07, 6.45) is 11.9. The zero-order valence-electron chi connectivity index (χ0n) is 36.0. The van der Waals surface area contributed by atoms with Crippen molar-refractivity contribution < 1.29 is 23.4 Å². The first-order valence-corrected chi connectivity index (χ1v) is 22.3. The summed E-state index contributed by atoms with van der Waals surface area (Å²) in [5.74, 6) is 0.204. The number of ether oxygens (including phenoxy) is 1. The third-order valence-corrected chi connectivity index (χ3v) is 13.7. The van der Waals surface area contributed by atoms with Crippen LogP contribution >= 0.6 is 0 Å². The lowest BCUT2D eigenvalue weighted by atomic mass is 9.86. The van der Waals surface area contributed by atoms with E-state index in [1.54, 1.807) is 41.3 Å². The number of anilines is 2. The first kappa shape index (κ1) is 43.3. The number of para-hydroxylation sites is 1. The maximum atomic E-state index is 15.6. The molecule has 0 bridgehead atoms. The van der Waals surface area contributed by atoms with E-state index in [1.165, 1.54) is 0 Å². The number of nitrogens with zero attached hydrogens (tertiary/aromatic N) is 5. The van der Waals surface area contributed by atoms with Crippen LogP contribution in [-0.2, 0) is 16.1 Å². The fourth-order valence-corrected chi connectivity index (χ4v) is 10.2. The first-order valence-electron chi connectivity index (χ1n) is 22.3. The summed E-state index contributed by atoms with van der Waals surface area (Å²) in [6.45, 7) is 7.66. The summed E-state index contributed by atoms with van der Waals surface area (Å²) in [5.41, 5.74) is 23.3. The molecule has 8 N–H and O–H groups in total. The van der Waals surface area contributed by atoms with Gasteiger partial charge >= 0.3 is 0 Å². The predicted molar refractivity (Wildman–Crippen MR) is 242 cm³/mol. The molecule has 3 aromatic carbocycles. The van der Waals surface area contributed by atoms with Crippen LogP contribution < -0.4 is 32.3 Å². The second kappa shape index (κ2) is 19.0. The van der Waals surface area contributed by atoms with Crippen molar-refractivity contribution in [1.82, 2.24) is 19.7 Å². The minimum atomic E-state index is -0.282. The molecule has 1 aromatic heterocycles. The molecule has 2 unspecified atom stereocenters. The average molecular weight is 852 g/mol. The summed E-state index contributed by atoms with van der Waals surface area (Å²) in [7, 11) is 1.81. The van der Waals surface area contributed by atoms with Gasteiger partial charge in [-0.1, -0.05) is 18.2 Å². The topological polar surface area (TPSA) is 155 Å². The van der Waals surface area contributed by atoms with Gasteiger partial charge in [0.05, 0.1) is 40.8 Å². The molecule has 4 fully saturated rings. The van der Waals surface area contributed by atoms with Crippen molar-refractivity contribution in [3.05, 3.63) is 107 Å². The second-order valence-corrected chi connectivity index (χ2v) is 18.0. The Hall–Kier alpha value is -5.31. The van der Waals surface area contributed by atoms with Crippen LogP contribution in [0, 0.1) is 17.6 Å². The quantitative estimate of drug-likeness (QED) is 0.0707. The highest BCUT2D eigenvalue weighted by Crippen LogP contribution is 2.43. The molecule has 62 heavy (non-hydrogen) atoms. The van der Waals surface area contributed by atoms with E-state index in [2.05, 4.69) is 30.8 Å². The lowest BCUT2D eigenvalue weighted by Crippen LogP contribution is -2.47. The third kappa shape index (κ3) is 9.67. The second-order valence-electron chi connectivity index (χ2n) is 18.0. The molecule has 0 radical (unpaired) electrons. The van der Waals surface area contributed by atoms with Gasteiger partial charge in [-0.05, 0) is 105 Å². The van der Waals surface area contributed by atoms with Crippen LogP contribution in [0.4, 0.5) is 20.2 Å². The van der Waals surface area contributed by atoms with Crippen LogP contribution in [0.1, 0.15) is 68.5 Å². The van der Waals surface area contributed by atoms with Crippen molar-refractivity contribution in [3.8, 4) is 5.75 Å². The van der Waals surface area contributed by atoms with Crippen LogP contribution in [0.5, 0.6) is 5.75 Å². The van der Waals surface area contributed by atoms with E-state index in [0.717, 1.165) is 107 Å². The minimum absolute atomic E-state index is 0.0697. The zero-order valence-corrected chi connectivity index (χ0v) is 36.0. The number of carbonyl (C=O) groups excluding carboxylic acids is 1. The van der Waals surface area contributed by atoms with Crippen molar-refractivity contribution in [2.24, 2.45) is 23.1 Å². The number of rotatable bonds is 15. The molecule has 2 atom stereocenters. The Labute approximate surface area is 363 Å². The van der Waals surface area contributed by atoms with Gasteiger partial charge in [-0.25, -0.2) is 8.78 Å². The highest BCUT2D eigenvalue weighted by atomic mass is 19.1. The molecule has 0 amide bonds. The molecule has 4 aliphatic rings. The molecule has 4 saturated heterocycles. The molecule has 332 valence electrons. The lowest BCUT2D eigenvalue weighted by molar-refractivity contribution is -0.107. The number of allylic oxidation sites excluding steroid dienone is 1. The van der Waals surface area contributed by atoms with Crippen molar-refractivity contribution in [2.75, 3.05) is 75.8 Å². The van der Waals surface area contributed by atoms with Gasteiger partial charge in [0.1, 0.15) is 29.5 Å². The number of fused-ring (bicyclic) bond motifs is 1. The average Bonchev–Trinajstić information content (AvgIpc) is 4.04. The fourth-order valence-electron chi connectivity index (χ4n) is 10.2. The van der Waals surface area contributed by atoms with Crippen LogP contribution in [0.2, 0.25) is 0 Å². The molecule has 5 heterocycles. The molecule has 14 heteroatoms. The van der Waals surface area contributed by atoms with E-state index in [-0.39, 0.29) is 40.9 Å².